The second-order valence-corrected chi connectivity index (χ2v) is 10.8. The third-order valence-corrected chi connectivity index (χ3v) is 7.79. The Balaban J connectivity index is 1.43. The summed E-state index contributed by atoms with van der Waals surface area (Å²) in [7, 11) is 0. The summed E-state index contributed by atoms with van der Waals surface area (Å²) in [6, 6.07) is 21.5. The molecule has 1 fully saturated rings. The molecule has 0 radical (unpaired) electrons. The van der Waals surface area contributed by atoms with Crippen LogP contribution < -0.4 is 10.5 Å². The number of benzene rings is 3. The summed E-state index contributed by atoms with van der Waals surface area (Å²) in [6.07, 6.45) is 5.23. The van der Waals surface area contributed by atoms with Crippen molar-refractivity contribution in [1.82, 2.24) is 14.9 Å². The van der Waals surface area contributed by atoms with Crippen LogP contribution in [0.1, 0.15) is 49.6 Å². The van der Waals surface area contributed by atoms with Crippen LogP contribution in [0.25, 0.3) is 22.0 Å². The first-order valence-electron chi connectivity index (χ1n) is 13.8. The molecule has 0 aliphatic carbocycles. The van der Waals surface area contributed by atoms with E-state index in [2.05, 4.69) is 47.4 Å². The highest BCUT2D eigenvalue weighted by Gasteiger charge is 2.31. The molecule has 3 heterocycles. The van der Waals surface area contributed by atoms with E-state index >= 15 is 0 Å². The number of rotatable bonds is 5. The SMILES string of the molecule is CC(C)Oc1cccc(-c2cccc3cnc(C4CN(C5CCOCC5)CCc5cc(N)ccc54)nc23)c1. The van der Waals surface area contributed by atoms with Crippen molar-refractivity contribution in [1.29, 1.82) is 0 Å². The molecule has 1 unspecified atom stereocenters. The molecule has 4 aromatic rings. The Morgan fingerprint density at radius 2 is 1.87 bits per heavy atom. The maximum absolute atomic E-state index is 6.22. The smallest absolute Gasteiger partial charge is 0.137 e. The van der Waals surface area contributed by atoms with Crippen LogP contribution in [0.3, 0.4) is 0 Å². The Morgan fingerprint density at radius 1 is 1.03 bits per heavy atom. The summed E-state index contributed by atoms with van der Waals surface area (Å²) in [4.78, 5) is 12.9. The second-order valence-electron chi connectivity index (χ2n) is 10.8. The summed E-state index contributed by atoms with van der Waals surface area (Å²) in [5, 5.41) is 1.04. The zero-order valence-electron chi connectivity index (χ0n) is 22.3. The minimum atomic E-state index is 0.0732. The largest absolute Gasteiger partial charge is 0.491 e. The first-order chi connectivity index (χ1) is 18.5. The lowest BCUT2D eigenvalue weighted by Crippen LogP contribution is -2.42. The number of hydrogen-bond acceptors (Lipinski definition) is 6. The van der Waals surface area contributed by atoms with Crippen LogP contribution in [0.4, 0.5) is 5.69 Å². The van der Waals surface area contributed by atoms with E-state index in [4.69, 9.17) is 25.2 Å². The molecule has 3 aromatic carbocycles. The number of hydrogen-bond donors (Lipinski definition) is 1. The molecule has 1 saturated heterocycles. The van der Waals surface area contributed by atoms with Crippen molar-refractivity contribution < 1.29 is 9.47 Å². The molecule has 0 amide bonds. The van der Waals surface area contributed by atoms with E-state index in [-0.39, 0.29) is 12.0 Å². The van der Waals surface area contributed by atoms with Gasteiger partial charge in [-0.1, -0.05) is 36.4 Å². The average molecular weight is 509 g/mol. The normalized spacial score (nSPS) is 18.9. The van der Waals surface area contributed by atoms with Gasteiger partial charge in [0.25, 0.3) is 0 Å². The maximum Gasteiger partial charge on any atom is 0.137 e. The molecule has 0 saturated carbocycles. The van der Waals surface area contributed by atoms with Gasteiger partial charge >= 0.3 is 0 Å². The van der Waals surface area contributed by atoms with Crippen molar-refractivity contribution in [3.8, 4) is 16.9 Å². The lowest BCUT2D eigenvalue weighted by molar-refractivity contribution is 0.0340. The first-order valence-corrected chi connectivity index (χ1v) is 13.8. The lowest BCUT2D eigenvalue weighted by Gasteiger charge is -2.34. The van der Waals surface area contributed by atoms with Crippen LogP contribution in [-0.2, 0) is 11.2 Å². The highest BCUT2D eigenvalue weighted by Crippen LogP contribution is 2.35. The van der Waals surface area contributed by atoms with Gasteiger partial charge in [0.05, 0.1) is 17.5 Å². The van der Waals surface area contributed by atoms with E-state index in [9.17, 15) is 0 Å². The highest BCUT2D eigenvalue weighted by atomic mass is 16.5. The Kier molecular flexibility index (Phi) is 7.00. The number of para-hydroxylation sites is 1. The standard InChI is InChI=1S/C32H36N4O2/c1-21(2)38-27-7-3-5-22(18-27)29-8-4-6-24-19-34-32(35-31(24)29)30-20-36(26-12-15-37-16-13-26)14-11-23-17-25(33)9-10-28(23)30/h3-10,17-19,21,26,30H,11-16,20,33H2,1-2H3. The molecule has 1 aromatic heterocycles. The number of aromatic nitrogens is 2. The molecule has 196 valence electrons. The monoisotopic (exact) mass is 508 g/mol. The van der Waals surface area contributed by atoms with Gasteiger partial charge < -0.3 is 15.2 Å². The number of anilines is 1. The minimum Gasteiger partial charge on any atom is -0.491 e. The Hall–Kier alpha value is -3.48. The van der Waals surface area contributed by atoms with Gasteiger partial charge in [-0.2, -0.15) is 0 Å². The molecule has 0 bridgehead atoms. The predicted molar refractivity (Wildman–Crippen MR) is 153 cm³/mol. The van der Waals surface area contributed by atoms with Gasteiger partial charge in [-0.25, -0.2) is 9.97 Å². The van der Waals surface area contributed by atoms with Gasteiger partial charge in [0.1, 0.15) is 11.6 Å². The van der Waals surface area contributed by atoms with E-state index < -0.39 is 0 Å². The van der Waals surface area contributed by atoms with Crippen LogP contribution >= 0.6 is 0 Å². The Labute approximate surface area is 224 Å². The fourth-order valence-corrected chi connectivity index (χ4v) is 5.95. The fraction of sp³-hybridized carbons (Fsp3) is 0.375. The maximum atomic E-state index is 6.22. The van der Waals surface area contributed by atoms with Gasteiger partial charge in [0.2, 0.25) is 0 Å². The van der Waals surface area contributed by atoms with E-state index in [1.54, 1.807) is 0 Å². The van der Waals surface area contributed by atoms with Crippen LogP contribution in [0.15, 0.2) is 66.9 Å². The van der Waals surface area contributed by atoms with Gasteiger partial charge in [-0.05, 0) is 74.1 Å². The van der Waals surface area contributed by atoms with Crippen LogP contribution in [0.5, 0.6) is 5.75 Å². The Morgan fingerprint density at radius 3 is 2.71 bits per heavy atom. The molecule has 2 aliphatic heterocycles. The molecular weight excluding hydrogens is 472 g/mol. The zero-order chi connectivity index (χ0) is 26.1. The second kappa shape index (κ2) is 10.7. The van der Waals surface area contributed by atoms with Crippen molar-refractivity contribution in [2.24, 2.45) is 0 Å². The zero-order valence-corrected chi connectivity index (χ0v) is 22.3. The fourth-order valence-electron chi connectivity index (χ4n) is 5.95. The molecule has 38 heavy (non-hydrogen) atoms. The number of ether oxygens (including phenoxy) is 2. The minimum absolute atomic E-state index is 0.0732. The molecule has 1 atom stereocenters. The summed E-state index contributed by atoms with van der Waals surface area (Å²) in [6.45, 7) is 7.67. The van der Waals surface area contributed by atoms with E-state index in [0.717, 1.165) is 84.9 Å². The summed E-state index contributed by atoms with van der Waals surface area (Å²) in [5.74, 6) is 1.81. The van der Waals surface area contributed by atoms with Crippen molar-refractivity contribution >= 4 is 16.6 Å². The highest BCUT2D eigenvalue weighted by molar-refractivity contribution is 5.93. The number of nitrogen functional groups attached to an aromatic ring is 1. The van der Waals surface area contributed by atoms with Crippen molar-refractivity contribution in [3.05, 3.63) is 83.8 Å². The van der Waals surface area contributed by atoms with Crippen molar-refractivity contribution in [2.45, 2.75) is 51.2 Å². The molecule has 2 N–H and O–H groups in total. The molecule has 2 aliphatic rings. The quantitative estimate of drug-likeness (QED) is 0.342. The van der Waals surface area contributed by atoms with Gasteiger partial charge in [-0.15, -0.1) is 0 Å². The predicted octanol–water partition coefficient (Wildman–Crippen LogP) is 5.84. The van der Waals surface area contributed by atoms with E-state index in [1.165, 1.54) is 11.1 Å². The molecule has 6 heteroatoms. The molecule has 6 rings (SSSR count). The molecule has 6 nitrogen and oxygen atoms in total. The number of nitrogens with zero attached hydrogens (tertiary/aromatic N) is 3. The van der Waals surface area contributed by atoms with Gasteiger partial charge in [0, 0.05) is 55.2 Å². The van der Waals surface area contributed by atoms with Gasteiger partial charge in [0.15, 0.2) is 0 Å². The molecular formula is C32H36N4O2. The average Bonchev–Trinajstić information content (AvgIpc) is 3.12. The van der Waals surface area contributed by atoms with Crippen LogP contribution in [0.2, 0.25) is 0 Å². The number of nitrogens with two attached hydrogens (primary N) is 1. The van der Waals surface area contributed by atoms with Crippen molar-refractivity contribution in [2.75, 3.05) is 32.0 Å². The van der Waals surface area contributed by atoms with Crippen LogP contribution in [-0.4, -0.2) is 53.3 Å². The van der Waals surface area contributed by atoms with Crippen LogP contribution in [0, 0.1) is 0 Å². The lowest BCUT2D eigenvalue weighted by atomic mass is 9.92. The molecule has 0 spiro atoms. The van der Waals surface area contributed by atoms with E-state index in [1.807, 2.05) is 38.2 Å². The summed E-state index contributed by atoms with van der Waals surface area (Å²) >= 11 is 0. The summed E-state index contributed by atoms with van der Waals surface area (Å²) < 4.78 is 11.6. The van der Waals surface area contributed by atoms with Gasteiger partial charge in [-0.3, -0.25) is 4.90 Å². The van der Waals surface area contributed by atoms with E-state index in [0.29, 0.717) is 6.04 Å². The first kappa shape index (κ1) is 24.8. The third-order valence-electron chi connectivity index (χ3n) is 7.79. The third kappa shape index (κ3) is 5.11. The number of fused-ring (bicyclic) bond motifs is 2. The Bertz CT molecular complexity index is 1430. The summed E-state index contributed by atoms with van der Waals surface area (Å²) in [5.41, 5.74) is 12.8. The topological polar surface area (TPSA) is 73.5 Å². The van der Waals surface area contributed by atoms with Crippen molar-refractivity contribution in [3.63, 3.8) is 0 Å².